The number of methoxy groups -OCH3 is 1. The van der Waals surface area contributed by atoms with Crippen molar-refractivity contribution in [1.29, 1.82) is 0 Å². The van der Waals surface area contributed by atoms with Crippen LogP contribution in [0.15, 0.2) is 16.0 Å². The topological polar surface area (TPSA) is 65.5 Å². The van der Waals surface area contributed by atoms with Crippen molar-refractivity contribution in [2.45, 2.75) is 25.9 Å². The second kappa shape index (κ2) is 7.00. The van der Waals surface area contributed by atoms with E-state index in [0.717, 1.165) is 11.0 Å². The van der Waals surface area contributed by atoms with E-state index in [4.69, 9.17) is 9.47 Å². The van der Waals surface area contributed by atoms with Gasteiger partial charge in [-0.3, -0.25) is 0 Å². The zero-order valence-corrected chi connectivity index (χ0v) is 14.0. The molecule has 0 fully saturated rings. The summed E-state index contributed by atoms with van der Waals surface area (Å²) in [7, 11) is 1.33. The van der Waals surface area contributed by atoms with E-state index >= 15 is 0 Å². The standard InChI is InChI=1S/C14H14BrNO4S/c1-3-9(4-5-17)20-10-6-8(13(18)19-2)7-11-12(10)16-14(15)21-11/h5-7,9H,3-4H2,1-2H3/t9-/m0/s1. The highest BCUT2D eigenvalue weighted by molar-refractivity contribution is 9.11. The number of carbonyl (C=O) groups excluding carboxylic acids is 2. The molecule has 0 aliphatic heterocycles. The van der Waals surface area contributed by atoms with Crippen molar-refractivity contribution in [1.82, 2.24) is 4.98 Å². The third-order valence-corrected chi connectivity index (χ3v) is 4.42. The molecular formula is C14H14BrNO4S. The van der Waals surface area contributed by atoms with Gasteiger partial charge in [0, 0.05) is 6.42 Å². The van der Waals surface area contributed by atoms with Gasteiger partial charge in [-0.15, -0.1) is 11.3 Å². The third-order valence-electron chi connectivity index (χ3n) is 2.96. The fourth-order valence-electron chi connectivity index (χ4n) is 1.88. The van der Waals surface area contributed by atoms with Gasteiger partial charge in [0.2, 0.25) is 0 Å². The predicted octanol–water partition coefficient (Wildman–Crippen LogP) is 3.59. The van der Waals surface area contributed by atoms with E-state index in [1.54, 1.807) is 12.1 Å². The molecule has 0 radical (unpaired) electrons. The van der Waals surface area contributed by atoms with Gasteiger partial charge in [-0.2, -0.15) is 0 Å². The average molecular weight is 372 g/mol. The first-order valence-electron chi connectivity index (χ1n) is 6.37. The minimum absolute atomic E-state index is 0.237. The summed E-state index contributed by atoms with van der Waals surface area (Å²) in [5, 5.41) is 0. The lowest BCUT2D eigenvalue weighted by molar-refractivity contribution is -0.109. The number of ether oxygens (including phenoxy) is 2. The van der Waals surface area contributed by atoms with Gasteiger partial charge in [0.05, 0.1) is 17.4 Å². The van der Waals surface area contributed by atoms with E-state index in [1.807, 2.05) is 6.92 Å². The Morgan fingerprint density at radius 3 is 2.90 bits per heavy atom. The molecule has 0 aliphatic rings. The molecule has 21 heavy (non-hydrogen) atoms. The van der Waals surface area contributed by atoms with Crippen LogP contribution in [0, 0.1) is 0 Å². The van der Waals surface area contributed by atoms with Crippen LogP contribution in [-0.2, 0) is 9.53 Å². The maximum absolute atomic E-state index is 11.7. The summed E-state index contributed by atoms with van der Waals surface area (Å²) in [6, 6.07) is 3.32. The molecule has 0 spiro atoms. The zero-order chi connectivity index (χ0) is 15.4. The van der Waals surface area contributed by atoms with Crippen LogP contribution in [0.2, 0.25) is 0 Å². The molecule has 0 saturated carbocycles. The second-order valence-corrected chi connectivity index (χ2v) is 6.64. The van der Waals surface area contributed by atoms with Gasteiger partial charge < -0.3 is 14.3 Å². The number of esters is 1. The largest absolute Gasteiger partial charge is 0.488 e. The van der Waals surface area contributed by atoms with Crippen molar-refractivity contribution in [3.8, 4) is 5.75 Å². The Balaban J connectivity index is 2.48. The Morgan fingerprint density at radius 2 is 2.29 bits per heavy atom. The normalized spacial score (nSPS) is 12.1. The van der Waals surface area contributed by atoms with E-state index in [0.29, 0.717) is 33.6 Å². The highest BCUT2D eigenvalue weighted by Gasteiger charge is 2.17. The number of thiazole rings is 1. The summed E-state index contributed by atoms with van der Waals surface area (Å²) in [6.07, 6.45) is 1.57. The molecule has 1 aromatic carbocycles. The Kier molecular flexibility index (Phi) is 5.30. The van der Waals surface area contributed by atoms with Crippen molar-refractivity contribution in [3.63, 3.8) is 0 Å². The minimum atomic E-state index is -0.435. The molecule has 1 atom stereocenters. The second-order valence-electron chi connectivity index (χ2n) is 4.33. The van der Waals surface area contributed by atoms with Crippen LogP contribution in [0.4, 0.5) is 0 Å². The lowest BCUT2D eigenvalue weighted by atomic mass is 10.2. The van der Waals surface area contributed by atoms with Crippen molar-refractivity contribution in [2.24, 2.45) is 0 Å². The third kappa shape index (κ3) is 3.59. The van der Waals surface area contributed by atoms with Gasteiger partial charge in [-0.25, -0.2) is 9.78 Å². The van der Waals surface area contributed by atoms with Crippen LogP contribution in [0.25, 0.3) is 10.2 Å². The first kappa shape index (κ1) is 15.9. The maximum Gasteiger partial charge on any atom is 0.338 e. The number of nitrogens with zero attached hydrogens (tertiary/aromatic N) is 1. The van der Waals surface area contributed by atoms with Gasteiger partial charge in [-0.05, 0) is 34.5 Å². The number of benzene rings is 1. The smallest absolute Gasteiger partial charge is 0.338 e. The molecule has 0 amide bonds. The fourth-order valence-corrected chi connectivity index (χ4v) is 3.33. The average Bonchev–Trinajstić information content (AvgIpc) is 2.86. The summed E-state index contributed by atoms with van der Waals surface area (Å²) in [6.45, 7) is 1.94. The van der Waals surface area contributed by atoms with Gasteiger partial charge in [0.25, 0.3) is 0 Å². The molecule has 1 heterocycles. The minimum Gasteiger partial charge on any atom is -0.488 e. The molecule has 7 heteroatoms. The molecule has 0 aliphatic carbocycles. The van der Waals surface area contributed by atoms with E-state index < -0.39 is 5.97 Å². The quantitative estimate of drug-likeness (QED) is 0.573. The Hall–Kier alpha value is -1.47. The summed E-state index contributed by atoms with van der Waals surface area (Å²) in [4.78, 5) is 26.8. The first-order chi connectivity index (χ1) is 10.1. The highest BCUT2D eigenvalue weighted by Crippen LogP contribution is 2.34. The number of hydrogen-bond acceptors (Lipinski definition) is 6. The summed E-state index contributed by atoms with van der Waals surface area (Å²) in [5.74, 6) is 0.0539. The van der Waals surface area contributed by atoms with Crippen molar-refractivity contribution >= 4 is 49.7 Å². The van der Waals surface area contributed by atoms with Crippen LogP contribution in [0.1, 0.15) is 30.1 Å². The van der Waals surface area contributed by atoms with E-state index in [2.05, 4.69) is 20.9 Å². The molecular weight excluding hydrogens is 358 g/mol. The van der Waals surface area contributed by atoms with E-state index in [1.165, 1.54) is 18.4 Å². The highest BCUT2D eigenvalue weighted by atomic mass is 79.9. The lowest BCUT2D eigenvalue weighted by Gasteiger charge is -2.16. The maximum atomic E-state index is 11.7. The van der Waals surface area contributed by atoms with E-state index in [-0.39, 0.29) is 6.10 Å². The molecule has 0 N–H and O–H groups in total. The molecule has 0 saturated heterocycles. The van der Waals surface area contributed by atoms with E-state index in [9.17, 15) is 9.59 Å². The molecule has 5 nitrogen and oxygen atoms in total. The van der Waals surface area contributed by atoms with Gasteiger partial charge in [-0.1, -0.05) is 6.92 Å². The molecule has 0 unspecified atom stereocenters. The molecule has 2 rings (SSSR count). The number of carbonyl (C=O) groups is 2. The number of aldehydes is 1. The van der Waals surface area contributed by atoms with Crippen molar-refractivity contribution in [2.75, 3.05) is 7.11 Å². The Bertz CT molecular complexity index is 670. The molecule has 112 valence electrons. The lowest BCUT2D eigenvalue weighted by Crippen LogP contribution is -2.16. The first-order valence-corrected chi connectivity index (χ1v) is 7.98. The molecule has 1 aromatic heterocycles. The number of hydrogen-bond donors (Lipinski definition) is 0. The van der Waals surface area contributed by atoms with Gasteiger partial charge in [0.15, 0.2) is 3.92 Å². The van der Waals surface area contributed by atoms with Crippen molar-refractivity contribution < 1.29 is 19.1 Å². The van der Waals surface area contributed by atoms with Crippen molar-refractivity contribution in [3.05, 3.63) is 21.6 Å². The predicted molar refractivity (Wildman–Crippen MR) is 84.0 cm³/mol. The SMILES string of the molecule is CC[C@@H](CC=O)Oc1cc(C(=O)OC)cc2sc(Br)nc12. The number of aromatic nitrogens is 1. The Labute approximate surface area is 134 Å². The molecule has 2 aromatic rings. The monoisotopic (exact) mass is 371 g/mol. The van der Waals surface area contributed by atoms with Crippen LogP contribution in [-0.4, -0.2) is 30.5 Å². The van der Waals surface area contributed by atoms with Crippen LogP contribution >= 0.6 is 27.3 Å². The van der Waals surface area contributed by atoms with Gasteiger partial charge in [0.1, 0.15) is 23.7 Å². The number of halogens is 1. The molecule has 0 bridgehead atoms. The summed E-state index contributed by atoms with van der Waals surface area (Å²) in [5.41, 5.74) is 1.07. The van der Waals surface area contributed by atoms with Crippen LogP contribution < -0.4 is 4.74 Å². The fraction of sp³-hybridized carbons (Fsp3) is 0.357. The van der Waals surface area contributed by atoms with Gasteiger partial charge >= 0.3 is 5.97 Å². The van der Waals surface area contributed by atoms with Crippen LogP contribution in [0.3, 0.4) is 0 Å². The van der Waals surface area contributed by atoms with Crippen LogP contribution in [0.5, 0.6) is 5.75 Å². The summed E-state index contributed by atoms with van der Waals surface area (Å²) >= 11 is 4.74. The Morgan fingerprint density at radius 1 is 1.52 bits per heavy atom. The zero-order valence-electron chi connectivity index (χ0n) is 11.6. The number of rotatable bonds is 6. The summed E-state index contributed by atoms with van der Waals surface area (Å²) < 4.78 is 12.1. The number of fused-ring (bicyclic) bond motifs is 1.